The molecule has 4 nitrogen and oxygen atoms in total. The van der Waals surface area contributed by atoms with E-state index >= 15 is 0 Å². The van der Waals surface area contributed by atoms with Gasteiger partial charge in [0.1, 0.15) is 0 Å². The number of nitrogens with one attached hydrogen (secondary N) is 1. The van der Waals surface area contributed by atoms with Crippen molar-refractivity contribution in [3.63, 3.8) is 0 Å². The Labute approximate surface area is 151 Å². The van der Waals surface area contributed by atoms with Crippen molar-refractivity contribution in [1.82, 2.24) is 15.2 Å². The minimum atomic E-state index is 0.0265. The van der Waals surface area contributed by atoms with Gasteiger partial charge in [-0.2, -0.15) is 0 Å². The van der Waals surface area contributed by atoms with Crippen LogP contribution < -0.4 is 5.32 Å². The predicted octanol–water partition coefficient (Wildman–Crippen LogP) is 3.79. The van der Waals surface area contributed by atoms with E-state index in [0.717, 1.165) is 45.6 Å². The molecule has 2 aromatic heterocycles. The van der Waals surface area contributed by atoms with Crippen molar-refractivity contribution in [3.05, 3.63) is 53.7 Å². The van der Waals surface area contributed by atoms with E-state index < -0.39 is 0 Å². The van der Waals surface area contributed by atoms with Gasteiger partial charge in [0, 0.05) is 40.6 Å². The highest BCUT2D eigenvalue weighted by atomic mass is 32.1. The van der Waals surface area contributed by atoms with E-state index in [4.69, 9.17) is 0 Å². The largest absolute Gasteiger partial charge is 0.350 e. The average Bonchev–Trinajstić information content (AvgIpc) is 3.26. The van der Waals surface area contributed by atoms with E-state index in [9.17, 15) is 4.79 Å². The minimum absolute atomic E-state index is 0.0265. The summed E-state index contributed by atoms with van der Waals surface area (Å²) >= 11 is 1.55. The van der Waals surface area contributed by atoms with Crippen LogP contribution in [0.5, 0.6) is 0 Å². The molecule has 25 heavy (non-hydrogen) atoms. The third kappa shape index (κ3) is 3.30. The Kier molecular flexibility index (Phi) is 4.51. The molecule has 1 fully saturated rings. The summed E-state index contributed by atoms with van der Waals surface area (Å²) in [4.78, 5) is 19.9. The number of thiophene rings is 1. The van der Waals surface area contributed by atoms with E-state index in [1.807, 2.05) is 24.4 Å². The van der Waals surface area contributed by atoms with Crippen LogP contribution in [0.4, 0.5) is 0 Å². The second-order valence-electron chi connectivity index (χ2n) is 6.56. The van der Waals surface area contributed by atoms with Crippen LogP contribution in [0.1, 0.15) is 22.5 Å². The van der Waals surface area contributed by atoms with Gasteiger partial charge in [-0.25, -0.2) is 0 Å². The van der Waals surface area contributed by atoms with Gasteiger partial charge >= 0.3 is 0 Å². The van der Waals surface area contributed by atoms with E-state index in [-0.39, 0.29) is 5.91 Å². The molecule has 128 valence electrons. The lowest BCUT2D eigenvalue weighted by Gasteiger charge is -2.19. The van der Waals surface area contributed by atoms with Crippen LogP contribution in [0.3, 0.4) is 0 Å². The Morgan fingerprint density at radius 1 is 1.36 bits per heavy atom. The number of carbonyl (C=O) groups is 1. The first-order chi connectivity index (χ1) is 12.2. The molecular weight excluding hydrogens is 330 g/mol. The molecule has 0 aliphatic carbocycles. The maximum atomic E-state index is 12.6. The van der Waals surface area contributed by atoms with E-state index in [2.05, 4.69) is 40.4 Å². The lowest BCUT2D eigenvalue weighted by molar-refractivity contribution is 0.0948. The zero-order valence-electron chi connectivity index (χ0n) is 14.2. The highest BCUT2D eigenvalue weighted by Crippen LogP contribution is 2.33. The first-order valence-electron chi connectivity index (χ1n) is 8.64. The second-order valence-corrected chi connectivity index (χ2v) is 7.64. The molecule has 0 spiro atoms. The molecule has 0 bridgehead atoms. The molecule has 1 saturated heterocycles. The minimum Gasteiger partial charge on any atom is -0.350 e. The van der Waals surface area contributed by atoms with Crippen molar-refractivity contribution < 1.29 is 4.79 Å². The fourth-order valence-electron chi connectivity index (χ4n) is 3.48. The molecule has 0 radical (unpaired) electrons. The molecule has 1 aliphatic rings. The molecule has 1 atom stereocenters. The molecule has 4 rings (SSSR count). The Balaban J connectivity index is 1.58. The van der Waals surface area contributed by atoms with Gasteiger partial charge in [-0.15, -0.1) is 11.3 Å². The summed E-state index contributed by atoms with van der Waals surface area (Å²) in [5, 5.41) is 4.22. The van der Waals surface area contributed by atoms with Crippen LogP contribution in [0, 0.1) is 0 Å². The molecule has 1 aliphatic heterocycles. The van der Waals surface area contributed by atoms with E-state index in [0.29, 0.717) is 6.04 Å². The van der Waals surface area contributed by atoms with E-state index in [1.54, 1.807) is 17.5 Å². The SMILES string of the molecule is CN1CCC[C@H]1CNC(=O)c1cc2c(-c3cccnc3)cccc2s1. The number of hydrogen-bond donors (Lipinski definition) is 1. The molecule has 0 unspecified atom stereocenters. The van der Waals surface area contributed by atoms with Gasteiger partial charge in [0.2, 0.25) is 0 Å². The Morgan fingerprint density at radius 2 is 2.28 bits per heavy atom. The first kappa shape index (κ1) is 16.2. The standard InChI is InChI=1S/C20H21N3OS/c1-23-10-4-6-15(23)13-22-20(24)19-11-17-16(7-2-8-18(17)25-19)14-5-3-9-21-12-14/h2-3,5,7-9,11-12,15H,4,6,10,13H2,1H3,(H,22,24)/t15-/m0/s1. The number of nitrogens with zero attached hydrogens (tertiary/aromatic N) is 2. The lowest BCUT2D eigenvalue weighted by Crippen LogP contribution is -2.37. The number of amides is 1. The summed E-state index contributed by atoms with van der Waals surface area (Å²) in [6, 6.07) is 12.7. The van der Waals surface area contributed by atoms with Crippen molar-refractivity contribution in [2.75, 3.05) is 20.1 Å². The summed E-state index contributed by atoms with van der Waals surface area (Å²) in [6.07, 6.45) is 6.01. The van der Waals surface area contributed by atoms with Crippen molar-refractivity contribution in [3.8, 4) is 11.1 Å². The lowest BCUT2D eigenvalue weighted by atomic mass is 10.0. The number of pyridine rings is 1. The number of carbonyl (C=O) groups excluding carboxylic acids is 1. The molecule has 1 amide bonds. The summed E-state index contributed by atoms with van der Waals surface area (Å²) in [5.41, 5.74) is 2.20. The van der Waals surface area contributed by atoms with Gasteiger partial charge in [-0.1, -0.05) is 18.2 Å². The van der Waals surface area contributed by atoms with Gasteiger partial charge in [-0.3, -0.25) is 9.78 Å². The number of fused-ring (bicyclic) bond motifs is 1. The van der Waals surface area contributed by atoms with Crippen molar-refractivity contribution in [2.24, 2.45) is 0 Å². The number of benzene rings is 1. The second kappa shape index (κ2) is 6.94. The monoisotopic (exact) mass is 351 g/mol. The van der Waals surface area contributed by atoms with Crippen molar-refractivity contribution >= 4 is 27.3 Å². The van der Waals surface area contributed by atoms with Crippen LogP contribution in [0.25, 0.3) is 21.2 Å². The molecule has 1 N–H and O–H groups in total. The van der Waals surface area contributed by atoms with Crippen molar-refractivity contribution in [2.45, 2.75) is 18.9 Å². The number of aromatic nitrogens is 1. The Morgan fingerprint density at radius 3 is 3.04 bits per heavy atom. The molecule has 3 heterocycles. The number of likely N-dealkylation sites (N-methyl/N-ethyl adjacent to an activating group) is 1. The van der Waals surface area contributed by atoms with Crippen LogP contribution in [-0.2, 0) is 0 Å². The zero-order valence-corrected chi connectivity index (χ0v) is 15.1. The summed E-state index contributed by atoms with van der Waals surface area (Å²) in [6.45, 7) is 1.84. The molecule has 5 heteroatoms. The molecule has 1 aromatic carbocycles. The van der Waals surface area contributed by atoms with Crippen LogP contribution in [0.15, 0.2) is 48.8 Å². The normalized spacial score (nSPS) is 17.9. The van der Waals surface area contributed by atoms with Gasteiger partial charge in [0.15, 0.2) is 0 Å². The van der Waals surface area contributed by atoms with E-state index in [1.165, 1.54) is 6.42 Å². The fourth-order valence-corrected chi connectivity index (χ4v) is 4.49. The highest BCUT2D eigenvalue weighted by Gasteiger charge is 2.22. The highest BCUT2D eigenvalue weighted by molar-refractivity contribution is 7.20. The van der Waals surface area contributed by atoms with Gasteiger partial charge < -0.3 is 10.2 Å². The first-order valence-corrected chi connectivity index (χ1v) is 9.45. The molecule has 3 aromatic rings. The summed E-state index contributed by atoms with van der Waals surface area (Å²) in [7, 11) is 2.13. The molecule has 0 saturated carbocycles. The smallest absolute Gasteiger partial charge is 0.261 e. The van der Waals surface area contributed by atoms with Gasteiger partial charge in [-0.05, 0) is 50.2 Å². The maximum absolute atomic E-state index is 12.6. The van der Waals surface area contributed by atoms with Crippen LogP contribution in [-0.4, -0.2) is 42.0 Å². The van der Waals surface area contributed by atoms with Crippen LogP contribution in [0.2, 0.25) is 0 Å². The number of likely N-dealkylation sites (tertiary alicyclic amines) is 1. The topological polar surface area (TPSA) is 45.2 Å². The number of rotatable bonds is 4. The predicted molar refractivity (Wildman–Crippen MR) is 103 cm³/mol. The fraction of sp³-hybridized carbons (Fsp3) is 0.300. The average molecular weight is 351 g/mol. The van der Waals surface area contributed by atoms with Crippen LogP contribution >= 0.6 is 11.3 Å². The number of hydrogen-bond acceptors (Lipinski definition) is 4. The Bertz CT molecular complexity index is 890. The maximum Gasteiger partial charge on any atom is 0.261 e. The molecular formula is C20H21N3OS. The third-order valence-corrected chi connectivity index (χ3v) is 6.03. The zero-order chi connectivity index (χ0) is 17.2. The van der Waals surface area contributed by atoms with Gasteiger partial charge in [0.25, 0.3) is 5.91 Å². The van der Waals surface area contributed by atoms with Gasteiger partial charge in [0.05, 0.1) is 4.88 Å². The summed E-state index contributed by atoms with van der Waals surface area (Å²) < 4.78 is 1.13. The summed E-state index contributed by atoms with van der Waals surface area (Å²) in [5.74, 6) is 0.0265. The quantitative estimate of drug-likeness (QED) is 0.778. The van der Waals surface area contributed by atoms with Crippen molar-refractivity contribution in [1.29, 1.82) is 0 Å². The third-order valence-electron chi connectivity index (χ3n) is 4.93. The Hall–Kier alpha value is -2.24.